The predicted octanol–water partition coefficient (Wildman–Crippen LogP) is 3.89. The zero-order valence-electron chi connectivity index (χ0n) is 11.1. The van der Waals surface area contributed by atoms with Crippen molar-refractivity contribution in [1.82, 2.24) is 5.32 Å². The Morgan fingerprint density at radius 2 is 1.94 bits per heavy atom. The van der Waals surface area contributed by atoms with E-state index in [-0.39, 0.29) is 0 Å². The zero-order valence-corrected chi connectivity index (χ0v) is 11.1. The second kappa shape index (κ2) is 6.02. The van der Waals surface area contributed by atoms with E-state index in [9.17, 15) is 0 Å². The van der Waals surface area contributed by atoms with Gasteiger partial charge in [-0.05, 0) is 62.8 Å². The van der Waals surface area contributed by atoms with Gasteiger partial charge in [-0.3, -0.25) is 0 Å². The summed E-state index contributed by atoms with van der Waals surface area (Å²) < 4.78 is 0. The van der Waals surface area contributed by atoms with Crippen LogP contribution in [0.5, 0.6) is 0 Å². The molecule has 92 valence electrons. The molecule has 17 heavy (non-hydrogen) atoms. The molecule has 1 nitrogen and oxygen atoms in total. The Kier molecular flexibility index (Phi) is 4.38. The molecule has 1 heteroatoms. The molecule has 0 amide bonds. The molecular formula is C16H23N. The number of nitrogens with one attached hydrogen (secondary N) is 1. The van der Waals surface area contributed by atoms with Gasteiger partial charge in [0.1, 0.15) is 0 Å². The van der Waals surface area contributed by atoms with Crippen molar-refractivity contribution in [2.24, 2.45) is 0 Å². The van der Waals surface area contributed by atoms with E-state index in [2.05, 4.69) is 43.4 Å². The Hall–Kier alpha value is -1.08. The van der Waals surface area contributed by atoms with Gasteiger partial charge in [0.15, 0.2) is 0 Å². The topological polar surface area (TPSA) is 12.0 Å². The molecule has 1 aromatic rings. The minimum Gasteiger partial charge on any atom is -0.312 e. The first-order valence-corrected chi connectivity index (χ1v) is 6.71. The largest absolute Gasteiger partial charge is 0.312 e. The fourth-order valence-corrected chi connectivity index (χ4v) is 2.55. The van der Waals surface area contributed by atoms with E-state index in [1.54, 1.807) is 5.57 Å². The van der Waals surface area contributed by atoms with E-state index in [1.165, 1.54) is 42.4 Å². The Morgan fingerprint density at radius 3 is 2.59 bits per heavy atom. The molecule has 0 unspecified atom stereocenters. The maximum absolute atomic E-state index is 3.57. The summed E-state index contributed by atoms with van der Waals surface area (Å²) in [5.41, 5.74) is 5.92. The van der Waals surface area contributed by atoms with Gasteiger partial charge in [-0.25, -0.2) is 0 Å². The van der Waals surface area contributed by atoms with E-state index in [1.807, 2.05) is 0 Å². The Labute approximate surface area is 105 Å². The standard InChI is InChI=1S/C16H23N/c1-13-6-5-7-14(2)16(13)12-17-11-10-15-8-3-4-9-15/h5-8,17H,3-4,9-12H2,1-2H3. The molecule has 0 bridgehead atoms. The summed E-state index contributed by atoms with van der Waals surface area (Å²) in [4.78, 5) is 0. The fraction of sp³-hybridized carbons (Fsp3) is 0.500. The third-order valence-corrected chi connectivity index (χ3v) is 3.70. The number of benzene rings is 1. The molecular weight excluding hydrogens is 206 g/mol. The molecule has 1 N–H and O–H groups in total. The Morgan fingerprint density at radius 1 is 1.18 bits per heavy atom. The highest BCUT2D eigenvalue weighted by Crippen LogP contribution is 2.20. The summed E-state index contributed by atoms with van der Waals surface area (Å²) in [6.07, 6.45) is 7.63. The number of allylic oxidation sites excluding steroid dienone is 1. The van der Waals surface area contributed by atoms with Gasteiger partial charge in [0.2, 0.25) is 0 Å². The van der Waals surface area contributed by atoms with Crippen LogP contribution in [0, 0.1) is 13.8 Å². The number of aryl methyl sites for hydroxylation is 2. The summed E-state index contributed by atoms with van der Waals surface area (Å²) in [6.45, 7) is 6.51. The second-order valence-electron chi connectivity index (χ2n) is 5.05. The van der Waals surface area contributed by atoms with E-state index in [0.717, 1.165) is 13.1 Å². The van der Waals surface area contributed by atoms with Gasteiger partial charge in [0.25, 0.3) is 0 Å². The van der Waals surface area contributed by atoms with Gasteiger partial charge in [0.05, 0.1) is 0 Å². The third kappa shape index (κ3) is 3.44. The maximum atomic E-state index is 3.57. The molecule has 0 aromatic heterocycles. The lowest BCUT2D eigenvalue weighted by atomic mass is 10.0. The maximum Gasteiger partial charge on any atom is 0.0210 e. The molecule has 1 aromatic carbocycles. The van der Waals surface area contributed by atoms with Crippen molar-refractivity contribution < 1.29 is 0 Å². The van der Waals surface area contributed by atoms with E-state index in [0.29, 0.717) is 0 Å². The lowest BCUT2D eigenvalue weighted by Crippen LogP contribution is -2.16. The van der Waals surface area contributed by atoms with Gasteiger partial charge < -0.3 is 5.32 Å². The van der Waals surface area contributed by atoms with Crippen molar-refractivity contribution in [3.8, 4) is 0 Å². The molecule has 1 aliphatic carbocycles. The van der Waals surface area contributed by atoms with E-state index >= 15 is 0 Å². The highest BCUT2D eigenvalue weighted by molar-refractivity contribution is 5.33. The molecule has 0 saturated carbocycles. The summed E-state index contributed by atoms with van der Waals surface area (Å²) in [5.74, 6) is 0. The molecule has 1 aliphatic rings. The lowest BCUT2D eigenvalue weighted by molar-refractivity contribution is 0.671. The van der Waals surface area contributed by atoms with Crippen LogP contribution >= 0.6 is 0 Å². The van der Waals surface area contributed by atoms with Gasteiger partial charge in [-0.2, -0.15) is 0 Å². The SMILES string of the molecule is Cc1cccc(C)c1CNCCC1=CCCC1. The van der Waals surface area contributed by atoms with Crippen LogP contribution in [-0.4, -0.2) is 6.54 Å². The molecule has 0 spiro atoms. The Balaban J connectivity index is 1.78. The van der Waals surface area contributed by atoms with Crippen LogP contribution in [0.4, 0.5) is 0 Å². The molecule has 0 heterocycles. The van der Waals surface area contributed by atoms with Crippen LogP contribution in [0.1, 0.15) is 42.4 Å². The van der Waals surface area contributed by atoms with Crippen LogP contribution in [0.2, 0.25) is 0 Å². The van der Waals surface area contributed by atoms with Crippen molar-refractivity contribution in [2.75, 3.05) is 6.54 Å². The fourth-order valence-electron chi connectivity index (χ4n) is 2.55. The van der Waals surface area contributed by atoms with Gasteiger partial charge >= 0.3 is 0 Å². The van der Waals surface area contributed by atoms with Gasteiger partial charge in [-0.15, -0.1) is 0 Å². The summed E-state index contributed by atoms with van der Waals surface area (Å²) in [6, 6.07) is 6.53. The normalized spacial score (nSPS) is 15.1. The molecule has 0 saturated heterocycles. The molecule has 0 aliphatic heterocycles. The molecule has 0 atom stereocenters. The first-order chi connectivity index (χ1) is 8.27. The molecule has 0 fully saturated rings. The summed E-state index contributed by atoms with van der Waals surface area (Å²) in [7, 11) is 0. The van der Waals surface area contributed by atoms with Crippen LogP contribution in [-0.2, 0) is 6.54 Å². The quantitative estimate of drug-likeness (QED) is 0.596. The van der Waals surface area contributed by atoms with Crippen molar-refractivity contribution >= 4 is 0 Å². The highest BCUT2D eigenvalue weighted by Gasteiger charge is 2.04. The van der Waals surface area contributed by atoms with Crippen LogP contribution in [0.15, 0.2) is 29.8 Å². The van der Waals surface area contributed by atoms with Gasteiger partial charge in [-0.1, -0.05) is 29.8 Å². The number of hydrogen-bond donors (Lipinski definition) is 1. The van der Waals surface area contributed by atoms with Crippen LogP contribution in [0.3, 0.4) is 0 Å². The first-order valence-electron chi connectivity index (χ1n) is 6.71. The average Bonchev–Trinajstić information content (AvgIpc) is 2.80. The molecule has 0 radical (unpaired) electrons. The lowest BCUT2D eigenvalue weighted by Gasteiger charge is -2.11. The van der Waals surface area contributed by atoms with E-state index in [4.69, 9.17) is 0 Å². The minimum absolute atomic E-state index is 1.01. The van der Waals surface area contributed by atoms with E-state index < -0.39 is 0 Å². The zero-order chi connectivity index (χ0) is 12.1. The highest BCUT2D eigenvalue weighted by atomic mass is 14.8. The first kappa shape index (κ1) is 12.4. The van der Waals surface area contributed by atoms with Crippen molar-refractivity contribution in [3.05, 3.63) is 46.5 Å². The van der Waals surface area contributed by atoms with Crippen molar-refractivity contribution in [3.63, 3.8) is 0 Å². The van der Waals surface area contributed by atoms with Gasteiger partial charge in [0, 0.05) is 6.54 Å². The monoisotopic (exact) mass is 229 g/mol. The van der Waals surface area contributed by atoms with Crippen molar-refractivity contribution in [2.45, 2.75) is 46.1 Å². The smallest absolute Gasteiger partial charge is 0.0210 e. The molecule has 2 rings (SSSR count). The Bertz CT molecular complexity index is 384. The van der Waals surface area contributed by atoms with Crippen LogP contribution in [0.25, 0.3) is 0 Å². The number of rotatable bonds is 5. The second-order valence-corrected chi connectivity index (χ2v) is 5.05. The predicted molar refractivity (Wildman–Crippen MR) is 74.2 cm³/mol. The van der Waals surface area contributed by atoms with Crippen LogP contribution < -0.4 is 5.32 Å². The minimum atomic E-state index is 1.01. The average molecular weight is 229 g/mol. The van der Waals surface area contributed by atoms with Crippen molar-refractivity contribution in [1.29, 1.82) is 0 Å². The summed E-state index contributed by atoms with van der Waals surface area (Å²) >= 11 is 0. The number of hydrogen-bond acceptors (Lipinski definition) is 1. The third-order valence-electron chi connectivity index (χ3n) is 3.70. The summed E-state index contributed by atoms with van der Waals surface area (Å²) in [5, 5.41) is 3.57.